The molecule has 0 spiro atoms. The van der Waals surface area contributed by atoms with Gasteiger partial charge in [-0.15, -0.1) is 12.4 Å². The Morgan fingerprint density at radius 2 is 2.04 bits per heavy atom. The van der Waals surface area contributed by atoms with Crippen molar-refractivity contribution < 1.29 is 9.59 Å². The fourth-order valence-electron chi connectivity index (χ4n) is 4.03. The van der Waals surface area contributed by atoms with Crippen LogP contribution in [0.3, 0.4) is 0 Å². The molecule has 2 N–H and O–H groups in total. The van der Waals surface area contributed by atoms with Gasteiger partial charge >= 0.3 is 0 Å². The third-order valence-electron chi connectivity index (χ3n) is 5.63. The topological polar surface area (TPSA) is 79.3 Å². The van der Waals surface area contributed by atoms with E-state index in [0.717, 1.165) is 24.9 Å². The maximum atomic E-state index is 12.6. The number of halogens is 1. The van der Waals surface area contributed by atoms with Crippen LogP contribution in [0.15, 0.2) is 12.4 Å². The van der Waals surface area contributed by atoms with E-state index in [2.05, 4.69) is 15.7 Å². The summed E-state index contributed by atoms with van der Waals surface area (Å²) in [5.74, 6) is -0.0924. The van der Waals surface area contributed by atoms with Crippen LogP contribution in [-0.4, -0.2) is 59.2 Å². The molecule has 7 nitrogen and oxygen atoms in total. The first-order valence-corrected chi connectivity index (χ1v) is 9.29. The van der Waals surface area contributed by atoms with Crippen LogP contribution < -0.4 is 10.6 Å². The average Bonchev–Trinajstić information content (AvgIpc) is 3.28. The number of aryl methyl sites for hydroxylation is 1. The molecule has 1 aromatic rings. The molecule has 0 unspecified atom stereocenters. The third-order valence-corrected chi connectivity index (χ3v) is 5.63. The van der Waals surface area contributed by atoms with Crippen molar-refractivity contribution in [3.63, 3.8) is 0 Å². The summed E-state index contributed by atoms with van der Waals surface area (Å²) in [6.07, 6.45) is 9.57. The number of nitrogens with one attached hydrogen (secondary N) is 2. The monoisotopic (exact) mass is 383 g/mol. The Kier molecular flexibility index (Phi) is 7.46. The second kappa shape index (κ2) is 9.37. The van der Waals surface area contributed by atoms with Gasteiger partial charge in [0.05, 0.1) is 18.7 Å². The summed E-state index contributed by atoms with van der Waals surface area (Å²) >= 11 is 0. The number of amides is 2. The maximum Gasteiger partial charge on any atom is 0.241 e. The predicted octanol–water partition coefficient (Wildman–Crippen LogP) is 1.05. The van der Waals surface area contributed by atoms with Gasteiger partial charge in [0.15, 0.2) is 0 Å². The molecule has 3 rings (SSSR count). The molecule has 26 heavy (non-hydrogen) atoms. The van der Waals surface area contributed by atoms with Crippen molar-refractivity contribution in [1.29, 1.82) is 0 Å². The number of hydrogen-bond acceptors (Lipinski definition) is 4. The highest BCUT2D eigenvalue weighted by atomic mass is 35.5. The number of rotatable bonds is 5. The lowest BCUT2D eigenvalue weighted by Gasteiger charge is -2.31. The summed E-state index contributed by atoms with van der Waals surface area (Å²) in [5, 5.41) is 10.3. The van der Waals surface area contributed by atoms with Crippen LogP contribution in [0.1, 0.15) is 43.6 Å². The van der Waals surface area contributed by atoms with Gasteiger partial charge in [0.2, 0.25) is 11.8 Å². The molecule has 2 aliphatic rings. The summed E-state index contributed by atoms with van der Waals surface area (Å²) < 4.78 is 1.76. The van der Waals surface area contributed by atoms with Crippen molar-refractivity contribution in [2.24, 2.45) is 13.0 Å². The van der Waals surface area contributed by atoms with Gasteiger partial charge in [-0.25, -0.2) is 0 Å². The zero-order valence-electron chi connectivity index (χ0n) is 15.6. The highest BCUT2D eigenvalue weighted by molar-refractivity contribution is 5.86. The SMILES string of the molecule is CN(C(=O)CNC(=O)[C@H]1CNC[C@@H]1c1cnn(C)c1)C1CCCCC1.Cl. The van der Waals surface area contributed by atoms with E-state index < -0.39 is 0 Å². The lowest BCUT2D eigenvalue weighted by atomic mass is 9.90. The molecule has 0 aromatic carbocycles. The molecule has 2 fully saturated rings. The van der Waals surface area contributed by atoms with Gasteiger partial charge in [-0.1, -0.05) is 19.3 Å². The lowest BCUT2D eigenvalue weighted by molar-refractivity contribution is -0.134. The third kappa shape index (κ3) is 4.76. The first-order valence-electron chi connectivity index (χ1n) is 9.29. The zero-order chi connectivity index (χ0) is 17.8. The molecule has 0 bridgehead atoms. The van der Waals surface area contributed by atoms with Crippen LogP contribution in [0.4, 0.5) is 0 Å². The minimum atomic E-state index is -0.156. The number of carbonyl (C=O) groups is 2. The molecule has 2 heterocycles. The highest BCUT2D eigenvalue weighted by Crippen LogP contribution is 2.28. The molecule has 2 amide bonds. The minimum absolute atomic E-state index is 0. The van der Waals surface area contributed by atoms with E-state index in [1.807, 2.05) is 31.4 Å². The van der Waals surface area contributed by atoms with Gasteiger partial charge < -0.3 is 15.5 Å². The summed E-state index contributed by atoms with van der Waals surface area (Å²) in [7, 11) is 3.74. The first-order chi connectivity index (χ1) is 12.1. The number of aromatic nitrogens is 2. The van der Waals surface area contributed by atoms with Gasteiger partial charge in [0.1, 0.15) is 0 Å². The largest absolute Gasteiger partial charge is 0.347 e. The van der Waals surface area contributed by atoms with Gasteiger partial charge in [-0.05, 0) is 18.4 Å². The van der Waals surface area contributed by atoms with E-state index in [0.29, 0.717) is 12.6 Å². The Labute approximate surface area is 161 Å². The molecule has 1 saturated heterocycles. The normalized spacial score (nSPS) is 23.3. The van der Waals surface area contributed by atoms with Gasteiger partial charge in [0.25, 0.3) is 0 Å². The molecule has 1 aliphatic heterocycles. The van der Waals surface area contributed by atoms with Crippen LogP contribution in [0.25, 0.3) is 0 Å². The average molecular weight is 384 g/mol. The molecule has 2 atom stereocenters. The standard InChI is InChI=1S/C18H29N5O2.ClH/c1-22-12-13(8-21-22)15-9-19-10-16(15)18(25)20-11-17(24)23(2)14-6-4-3-5-7-14;/h8,12,14-16,19H,3-7,9-11H2,1-2H3,(H,20,25);1H/t15-,16+;/m1./s1. The number of hydrogen-bond donors (Lipinski definition) is 2. The molecule has 1 saturated carbocycles. The van der Waals surface area contributed by atoms with Crippen molar-refractivity contribution in [1.82, 2.24) is 25.3 Å². The number of likely N-dealkylation sites (N-methyl/N-ethyl adjacent to an activating group) is 1. The summed E-state index contributed by atoms with van der Waals surface area (Å²) in [4.78, 5) is 26.8. The summed E-state index contributed by atoms with van der Waals surface area (Å²) in [6.45, 7) is 1.49. The molecule has 1 aliphatic carbocycles. The summed E-state index contributed by atoms with van der Waals surface area (Å²) in [6, 6.07) is 0.328. The van der Waals surface area contributed by atoms with Crippen LogP contribution in [-0.2, 0) is 16.6 Å². The second-order valence-corrected chi connectivity index (χ2v) is 7.33. The van der Waals surface area contributed by atoms with Crippen LogP contribution in [0, 0.1) is 5.92 Å². The van der Waals surface area contributed by atoms with Crippen LogP contribution >= 0.6 is 12.4 Å². The van der Waals surface area contributed by atoms with Gasteiger partial charge in [0, 0.05) is 45.3 Å². The lowest BCUT2D eigenvalue weighted by Crippen LogP contribution is -2.45. The smallest absolute Gasteiger partial charge is 0.241 e. The Balaban J connectivity index is 0.00000243. The van der Waals surface area contributed by atoms with E-state index in [1.54, 1.807) is 4.68 Å². The van der Waals surface area contributed by atoms with Gasteiger partial charge in [-0.2, -0.15) is 5.10 Å². The van der Waals surface area contributed by atoms with E-state index in [1.165, 1.54) is 19.3 Å². The molecule has 1 aromatic heterocycles. The van der Waals surface area contributed by atoms with E-state index in [-0.39, 0.29) is 42.6 Å². The van der Waals surface area contributed by atoms with Gasteiger partial charge in [-0.3, -0.25) is 14.3 Å². The number of nitrogens with zero attached hydrogens (tertiary/aromatic N) is 3. The summed E-state index contributed by atoms with van der Waals surface area (Å²) in [5.41, 5.74) is 1.07. The zero-order valence-corrected chi connectivity index (χ0v) is 16.4. The molecule has 0 radical (unpaired) electrons. The molecular weight excluding hydrogens is 354 g/mol. The quantitative estimate of drug-likeness (QED) is 0.796. The first kappa shape index (κ1) is 20.7. The fourth-order valence-corrected chi connectivity index (χ4v) is 4.03. The van der Waals surface area contributed by atoms with Crippen LogP contribution in [0.2, 0.25) is 0 Å². The predicted molar refractivity (Wildman–Crippen MR) is 102 cm³/mol. The fraction of sp³-hybridized carbons (Fsp3) is 0.722. The molecule has 8 heteroatoms. The van der Waals surface area contributed by atoms with Crippen molar-refractivity contribution in [2.45, 2.75) is 44.1 Å². The Hall–Kier alpha value is -1.60. The van der Waals surface area contributed by atoms with E-state index in [4.69, 9.17) is 0 Å². The Morgan fingerprint density at radius 3 is 2.69 bits per heavy atom. The van der Waals surface area contributed by atoms with E-state index >= 15 is 0 Å². The van der Waals surface area contributed by atoms with Crippen LogP contribution in [0.5, 0.6) is 0 Å². The van der Waals surface area contributed by atoms with Crippen molar-refractivity contribution in [3.8, 4) is 0 Å². The Morgan fingerprint density at radius 1 is 1.31 bits per heavy atom. The Bertz CT molecular complexity index is 614. The van der Waals surface area contributed by atoms with E-state index in [9.17, 15) is 9.59 Å². The molecule has 146 valence electrons. The molecular formula is C18H30ClN5O2. The van der Waals surface area contributed by atoms with Crippen molar-refractivity contribution >= 4 is 24.2 Å². The minimum Gasteiger partial charge on any atom is -0.347 e. The van der Waals surface area contributed by atoms with Crippen molar-refractivity contribution in [2.75, 3.05) is 26.7 Å². The maximum absolute atomic E-state index is 12.6. The number of carbonyl (C=O) groups excluding carboxylic acids is 2. The second-order valence-electron chi connectivity index (χ2n) is 7.33. The van der Waals surface area contributed by atoms with Crippen molar-refractivity contribution in [3.05, 3.63) is 18.0 Å². The highest BCUT2D eigenvalue weighted by Gasteiger charge is 2.35.